The summed E-state index contributed by atoms with van der Waals surface area (Å²) in [5, 5.41) is 8.74. The molecular weight excluding hydrogens is 176 g/mol. The van der Waals surface area contributed by atoms with Gasteiger partial charge in [-0.25, -0.2) is 0 Å². The molecule has 0 aromatic carbocycles. The fourth-order valence-electron chi connectivity index (χ4n) is 2.06. The van der Waals surface area contributed by atoms with Crippen molar-refractivity contribution in [1.82, 2.24) is 4.90 Å². The van der Waals surface area contributed by atoms with Gasteiger partial charge in [-0.2, -0.15) is 5.26 Å². The van der Waals surface area contributed by atoms with Gasteiger partial charge in [-0.1, -0.05) is 0 Å². The highest BCUT2D eigenvalue weighted by Gasteiger charge is 2.30. The first-order valence-electron chi connectivity index (χ1n) is 5.27. The second kappa shape index (κ2) is 4.77. The molecule has 1 heterocycles. The minimum Gasteiger partial charge on any atom is -0.377 e. The fourth-order valence-corrected chi connectivity index (χ4v) is 2.06. The van der Waals surface area contributed by atoms with Gasteiger partial charge in [0.15, 0.2) is 0 Å². The summed E-state index contributed by atoms with van der Waals surface area (Å²) in [6, 6.07) is 2.28. The van der Waals surface area contributed by atoms with Crippen LogP contribution in [0.25, 0.3) is 0 Å². The Balaban J connectivity index is 2.45. The van der Waals surface area contributed by atoms with Gasteiger partial charge in [0.1, 0.15) is 0 Å². The van der Waals surface area contributed by atoms with Gasteiger partial charge in [0.25, 0.3) is 0 Å². The number of ether oxygens (including phenoxy) is 1. The number of likely N-dealkylation sites (tertiary alicyclic amines) is 1. The molecule has 3 heteroatoms. The van der Waals surface area contributed by atoms with E-state index < -0.39 is 0 Å². The topological polar surface area (TPSA) is 36.3 Å². The van der Waals surface area contributed by atoms with Crippen LogP contribution < -0.4 is 0 Å². The van der Waals surface area contributed by atoms with Gasteiger partial charge in [0.05, 0.1) is 17.6 Å². The molecule has 0 N–H and O–H groups in total. The average molecular weight is 196 g/mol. The quantitative estimate of drug-likeness (QED) is 0.688. The van der Waals surface area contributed by atoms with Crippen molar-refractivity contribution in [3.8, 4) is 6.07 Å². The van der Waals surface area contributed by atoms with Crippen molar-refractivity contribution in [2.45, 2.75) is 32.3 Å². The van der Waals surface area contributed by atoms with Gasteiger partial charge < -0.3 is 4.74 Å². The molecule has 0 radical (unpaired) electrons. The molecule has 0 aliphatic carbocycles. The first kappa shape index (κ1) is 11.5. The van der Waals surface area contributed by atoms with Gasteiger partial charge in [-0.05, 0) is 33.2 Å². The summed E-state index contributed by atoms with van der Waals surface area (Å²) >= 11 is 0. The van der Waals surface area contributed by atoms with E-state index in [1.54, 1.807) is 7.11 Å². The first-order valence-corrected chi connectivity index (χ1v) is 5.27. The minimum atomic E-state index is -0.00652. The summed E-state index contributed by atoms with van der Waals surface area (Å²) in [5.41, 5.74) is -0.00652. The van der Waals surface area contributed by atoms with E-state index in [1.807, 2.05) is 6.92 Å². The highest BCUT2D eigenvalue weighted by Crippen LogP contribution is 2.24. The van der Waals surface area contributed by atoms with Crippen molar-refractivity contribution in [2.75, 3.05) is 26.7 Å². The molecule has 3 nitrogen and oxygen atoms in total. The zero-order valence-corrected chi connectivity index (χ0v) is 9.42. The number of nitrogens with zero attached hydrogens (tertiary/aromatic N) is 2. The van der Waals surface area contributed by atoms with Crippen LogP contribution in [-0.2, 0) is 4.74 Å². The van der Waals surface area contributed by atoms with Crippen LogP contribution in [0.15, 0.2) is 0 Å². The first-order chi connectivity index (χ1) is 6.59. The Morgan fingerprint density at radius 2 is 2.36 bits per heavy atom. The number of hydrogen-bond donors (Lipinski definition) is 0. The number of methoxy groups -OCH3 is 1. The zero-order chi connectivity index (χ0) is 10.6. The normalized spacial score (nSPS) is 31.0. The van der Waals surface area contributed by atoms with Crippen LogP contribution in [-0.4, -0.2) is 37.2 Å². The number of piperidine rings is 1. The Morgan fingerprint density at radius 1 is 1.64 bits per heavy atom. The van der Waals surface area contributed by atoms with E-state index in [0.717, 1.165) is 26.1 Å². The van der Waals surface area contributed by atoms with Crippen LogP contribution in [0, 0.1) is 17.2 Å². The Labute approximate surface area is 86.6 Å². The van der Waals surface area contributed by atoms with E-state index in [0.29, 0.717) is 0 Å². The van der Waals surface area contributed by atoms with Gasteiger partial charge >= 0.3 is 0 Å². The Hall–Kier alpha value is -0.590. The lowest BCUT2D eigenvalue weighted by molar-refractivity contribution is -0.0520. The lowest BCUT2D eigenvalue weighted by Gasteiger charge is -2.39. The van der Waals surface area contributed by atoms with Crippen molar-refractivity contribution in [1.29, 1.82) is 5.26 Å². The van der Waals surface area contributed by atoms with E-state index in [1.165, 1.54) is 6.42 Å². The molecule has 0 bridgehead atoms. The molecule has 0 spiro atoms. The van der Waals surface area contributed by atoms with Gasteiger partial charge in [-0.15, -0.1) is 0 Å². The third-order valence-electron chi connectivity index (χ3n) is 2.98. The van der Waals surface area contributed by atoms with Crippen LogP contribution in [0.2, 0.25) is 0 Å². The molecule has 0 amide bonds. The smallest absolute Gasteiger partial charge is 0.0777 e. The van der Waals surface area contributed by atoms with Gasteiger partial charge in [-0.3, -0.25) is 4.90 Å². The second-order valence-electron chi connectivity index (χ2n) is 4.52. The Bertz CT molecular complexity index is 224. The summed E-state index contributed by atoms with van der Waals surface area (Å²) in [6.07, 6.45) is 2.30. The summed E-state index contributed by atoms with van der Waals surface area (Å²) in [6.45, 7) is 7.05. The highest BCUT2D eigenvalue weighted by atomic mass is 16.5. The van der Waals surface area contributed by atoms with Crippen molar-refractivity contribution < 1.29 is 4.74 Å². The molecule has 1 fully saturated rings. The van der Waals surface area contributed by atoms with Crippen molar-refractivity contribution in [2.24, 2.45) is 5.92 Å². The predicted octanol–water partition coefficient (Wildman–Crippen LogP) is 1.65. The van der Waals surface area contributed by atoms with E-state index >= 15 is 0 Å². The fraction of sp³-hybridized carbons (Fsp3) is 0.909. The van der Waals surface area contributed by atoms with Crippen LogP contribution in [0.3, 0.4) is 0 Å². The van der Waals surface area contributed by atoms with E-state index in [9.17, 15) is 0 Å². The third-order valence-corrected chi connectivity index (χ3v) is 2.98. The number of rotatable bonds is 3. The minimum absolute atomic E-state index is 0.00652. The molecule has 14 heavy (non-hydrogen) atoms. The molecule has 1 aliphatic heterocycles. The second-order valence-corrected chi connectivity index (χ2v) is 4.52. The van der Waals surface area contributed by atoms with Crippen molar-refractivity contribution in [3.63, 3.8) is 0 Å². The average Bonchev–Trinajstić information content (AvgIpc) is 2.18. The summed E-state index contributed by atoms with van der Waals surface area (Å²) in [7, 11) is 1.78. The molecule has 80 valence electrons. The van der Waals surface area contributed by atoms with E-state index in [2.05, 4.69) is 17.9 Å². The molecule has 0 aromatic rings. The number of nitriles is 1. The van der Waals surface area contributed by atoms with Gasteiger partial charge in [0, 0.05) is 20.2 Å². The third kappa shape index (κ3) is 2.97. The van der Waals surface area contributed by atoms with Crippen LogP contribution in [0.5, 0.6) is 0 Å². The van der Waals surface area contributed by atoms with Crippen molar-refractivity contribution in [3.05, 3.63) is 0 Å². The van der Waals surface area contributed by atoms with E-state index in [-0.39, 0.29) is 11.5 Å². The molecule has 2 unspecified atom stereocenters. The lowest BCUT2D eigenvalue weighted by atomic mass is 9.94. The zero-order valence-electron chi connectivity index (χ0n) is 9.42. The highest BCUT2D eigenvalue weighted by molar-refractivity contribution is 4.88. The monoisotopic (exact) mass is 196 g/mol. The summed E-state index contributed by atoms with van der Waals surface area (Å²) in [4.78, 5) is 2.33. The predicted molar refractivity (Wildman–Crippen MR) is 55.9 cm³/mol. The van der Waals surface area contributed by atoms with Crippen LogP contribution in [0.4, 0.5) is 0 Å². The Kier molecular flexibility index (Phi) is 3.91. The van der Waals surface area contributed by atoms with Crippen LogP contribution >= 0.6 is 0 Å². The lowest BCUT2D eigenvalue weighted by Crippen LogP contribution is -2.48. The molecule has 0 saturated carbocycles. The maximum Gasteiger partial charge on any atom is 0.0777 e. The number of hydrogen-bond acceptors (Lipinski definition) is 3. The molecule has 1 rings (SSSR count). The summed E-state index contributed by atoms with van der Waals surface area (Å²) in [5.74, 6) is 0.120. The molecule has 0 aromatic heterocycles. The molecule has 1 saturated heterocycles. The largest absolute Gasteiger partial charge is 0.377 e. The summed E-state index contributed by atoms with van der Waals surface area (Å²) < 4.78 is 5.50. The van der Waals surface area contributed by atoms with E-state index in [4.69, 9.17) is 10.00 Å². The maximum absolute atomic E-state index is 8.74. The Morgan fingerprint density at radius 3 is 2.93 bits per heavy atom. The standard InChI is InChI=1S/C11H20N2O/c1-10(7-12)8-13-6-4-5-11(2,9-13)14-3/h10H,4-6,8-9H2,1-3H3. The molecule has 1 aliphatic rings. The van der Waals surface area contributed by atoms with Crippen molar-refractivity contribution >= 4 is 0 Å². The van der Waals surface area contributed by atoms with Crippen LogP contribution in [0.1, 0.15) is 26.7 Å². The molecule has 2 atom stereocenters. The maximum atomic E-state index is 8.74. The van der Waals surface area contributed by atoms with Gasteiger partial charge in [0.2, 0.25) is 0 Å². The SMILES string of the molecule is COC1(C)CCCN(CC(C)C#N)C1. The molecular formula is C11H20N2O.